The first-order valence-electron chi connectivity index (χ1n) is 8.34. The van der Waals surface area contributed by atoms with Crippen molar-refractivity contribution in [3.05, 3.63) is 78.4 Å². The molecule has 5 nitrogen and oxygen atoms in total. The number of benzene rings is 2. The van der Waals surface area contributed by atoms with Crippen molar-refractivity contribution in [1.29, 1.82) is 0 Å². The van der Waals surface area contributed by atoms with E-state index in [0.717, 1.165) is 11.8 Å². The number of hydrogen-bond acceptors (Lipinski definition) is 3. The SMILES string of the molecule is C=CCN(c1ccc(C(=O)NC[C@@H](C)c2ccccc2)cc1)S(C)(=O)=O. The van der Waals surface area contributed by atoms with Crippen molar-refractivity contribution in [3.8, 4) is 0 Å². The largest absolute Gasteiger partial charge is 0.351 e. The number of sulfonamides is 1. The zero-order valence-electron chi connectivity index (χ0n) is 15.1. The predicted octanol–water partition coefficient (Wildman–Crippen LogP) is 3.17. The third-order valence-corrected chi connectivity index (χ3v) is 5.21. The quantitative estimate of drug-likeness (QED) is 0.724. The minimum atomic E-state index is -3.40. The van der Waals surface area contributed by atoms with Crippen LogP contribution in [0.2, 0.25) is 0 Å². The van der Waals surface area contributed by atoms with Gasteiger partial charge in [0.15, 0.2) is 0 Å². The summed E-state index contributed by atoms with van der Waals surface area (Å²) in [7, 11) is -3.40. The van der Waals surface area contributed by atoms with Crippen LogP contribution in [0.5, 0.6) is 0 Å². The standard InChI is InChI=1S/C20H24N2O3S/c1-4-14-22(26(3,24)25)19-12-10-18(11-13-19)20(23)21-15-16(2)17-8-6-5-7-9-17/h4-13,16H,1,14-15H2,2-3H3,(H,21,23)/t16-/m1/s1. The number of nitrogens with one attached hydrogen (secondary N) is 1. The molecule has 2 rings (SSSR count). The maximum Gasteiger partial charge on any atom is 0.251 e. The van der Waals surface area contributed by atoms with Crippen molar-refractivity contribution in [3.63, 3.8) is 0 Å². The summed E-state index contributed by atoms with van der Waals surface area (Å²) in [6.07, 6.45) is 2.66. The van der Waals surface area contributed by atoms with Crippen LogP contribution in [-0.2, 0) is 10.0 Å². The van der Waals surface area contributed by atoms with Crippen LogP contribution in [0.1, 0.15) is 28.8 Å². The molecule has 2 aromatic rings. The van der Waals surface area contributed by atoms with Crippen LogP contribution >= 0.6 is 0 Å². The van der Waals surface area contributed by atoms with Gasteiger partial charge in [0.2, 0.25) is 10.0 Å². The van der Waals surface area contributed by atoms with E-state index in [4.69, 9.17) is 0 Å². The lowest BCUT2D eigenvalue weighted by Gasteiger charge is -2.21. The summed E-state index contributed by atoms with van der Waals surface area (Å²) in [5.41, 5.74) is 2.15. The van der Waals surface area contributed by atoms with Gasteiger partial charge in [0.25, 0.3) is 5.91 Å². The molecule has 0 saturated carbocycles. The van der Waals surface area contributed by atoms with Crippen LogP contribution in [0.3, 0.4) is 0 Å². The van der Waals surface area contributed by atoms with E-state index in [0.29, 0.717) is 17.8 Å². The Labute approximate surface area is 155 Å². The van der Waals surface area contributed by atoms with Gasteiger partial charge in [-0.15, -0.1) is 6.58 Å². The second-order valence-electron chi connectivity index (χ2n) is 6.15. The summed E-state index contributed by atoms with van der Waals surface area (Å²) in [5.74, 6) is 0.0155. The monoisotopic (exact) mass is 372 g/mol. The van der Waals surface area contributed by atoms with Crippen molar-refractivity contribution in [1.82, 2.24) is 5.32 Å². The van der Waals surface area contributed by atoms with Crippen molar-refractivity contribution < 1.29 is 13.2 Å². The van der Waals surface area contributed by atoms with Gasteiger partial charge >= 0.3 is 0 Å². The highest BCUT2D eigenvalue weighted by molar-refractivity contribution is 7.92. The van der Waals surface area contributed by atoms with Crippen LogP contribution < -0.4 is 9.62 Å². The lowest BCUT2D eigenvalue weighted by Crippen LogP contribution is -2.30. The molecule has 0 aromatic heterocycles. The molecule has 2 aromatic carbocycles. The van der Waals surface area contributed by atoms with Gasteiger partial charge in [0, 0.05) is 12.1 Å². The van der Waals surface area contributed by atoms with E-state index in [9.17, 15) is 13.2 Å². The normalized spacial score (nSPS) is 12.2. The highest BCUT2D eigenvalue weighted by Crippen LogP contribution is 2.19. The molecule has 0 saturated heterocycles. The number of hydrogen-bond donors (Lipinski definition) is 1. The average molecular weight is 372 g/mol. The maximum atomic E-state index is 12.3. The molecule has 0 aliphatic carbocycles. The molecule has 26 heavy (non-hydrogen) atoms. The first kappa shape index (κ1) is 19.7. The molecular formula is C20H24N2O3S. The topological polar surface area (TPSA) is 66.5 Å². The van der Waals surface area contributed by atoms with E-state index in [-0.39, 0.29) is 18.4 Å². The molecule has 138 valence electrons. The van der Waals surface area contributed by atoms with Crippen LogP contribution in [-0.4, -0.2) is 33.7 Å². The first-order valence-corrected chi connectivity index (χ1v) is 10.2. The summed E-state index contributed by atoms with van der Waals surface area (Å²) in [6, 6.07) is 16.5. The fraction of sp³-hybridized carbons (Fsp3) is 0.250. The number of rotatable bonds is 8. The Bertz CT molecular complexity index is 846. The minimum Gasteiger partial charge on any atom is -0.351 e. The summed E-state index contributed by atoms with van der Waals surface area (Å²) in [6.45, 7) is 6.34. The van der Waals surface area contributed by atoms with E-state index in [1.54, 1.807) is 24.3 Å². The van der Waals surface area contributed by atoms with Crippen molar-refractivity contribution in [2.45, 2.75) is 12.8 Å². The van der Waals surface area contributed by atoms with E-state index in [1.165, 1.54) is 10.4 Å². The van der Waals surface area contributed by atoms with Gasteiger partial charge in [-0.05, 0) is 35.7 Å². The summed E-state index contributed by atoms with van der Waals surface area (Å²) < 4.78 is 24.9. The Morgan fingerprint density at radius 2 is 1.77 bits per heavy atom. The smallest absolute Gasteiger partial charge is 0.251 e. The highest BCUT2D eigenvalue weighted by Gasteiger charge is 2.16. The molecule has 6 heteroatoms. The number of nitrogens with zero attached hydrogens (tertiary/aromatic N) is 1. The van der Waals surface area contributed by atoms with Crippen molar-refractivity contribution in [2.75, 3.05) is 23.7 Å². The summed E-state index contributed by atoms with van der Waals surface area (Å²) in [4.78, 5) is 12.3. The molecule has 0 bridgehead atoms. The fourth-order valence-electron chi connectivity index (χ4n) is 2.58. The molecular weight excluding hydrogens is 348 g/mol. The van der Waals surface area contributed by atoms with E-state index < -0.39 is 10.0 Å². The van der Waals surface area contributed by atoms with Crippen LogP contribution in [0.4, 0.5) is 5.69 Å². The molecule has 1 atom stereocenters. The van der Waals surface area contributed by atoms with Crippen molar-refractivity contribution in [2.24, 2.45) is 0 Å². The van der Waals surface area contributed by atoms with Gasteiger partial charge in [-0.3, -0.25) is 9.10 Å². The fourth-order valence-corrected chi connectivity index (χ4v) is 3.46. The zero-order valence-corrected chi connectivity index (χ0v) is 15.9. The van der Waals surface area contributed by atoms with Gasteiger partial charge in [0.1, 0.15) is 0 Å². The third-order valence-electron chi connectivity index (χ3n) is 4.05. The predicted molar refractivity (Wildman–Crippen MR) is 106 cm³/mol. The van der Waals surface area contributed by atoms with Crippen molar-refractivity contribution >= 4 is 21.6 Å². The van der Waals surface area contributed by atoms with E-state index in [2.05, 4.69) is 18.8 Å². The van der Waals surface area contributed by atoms with Gasteiger partial charge in [-0.25, -0.2) is 8.42 Å². The number of carbonyl (C=O) groups is 1. The van der Waals surface area contributed by atoms with Crippen LogP contribution in [0.15, 0.2) is 67.3 Å². The second-order valence-corrected chi connectivity index (χ2v) is 8.06. The molecule has 1 N–H and O–H groups in total. The molecule has 0 radical (unpaired) electrons. The van der Waals surface area contributed by atoms with E-state index >= 15 is 0 Å². The minimum absolute atomic E-state index is 0.180. The Balaban J connectivity index is 2.03. The van der Waals surface area contributed by atoms with Gasteiger partial charge in [-0.1, -0.05) is 43.3 Å². The van der Waals surface area contributed by atoms with Crippen LogP contribution in [0, 0.1) is 0 Å². The summed E-state index contributed by atoms with van der Waals surface area (Å²) in [5, 5.41) is 2.91. The van der Waals surface area contributed by atoms with Crippen LogP contribution in [0.25, 0.3) is 0 Å². The molecule has 0 aliphatic heterocycles. The average Bonchev–Trinajstić information content (AvgIpc) is 2.64. The zero-order chi connectivity index (χ0) is 19.2. The molecule has 0 unspecified atom stereocenters. The van der Waals surface area contributed by atoms with Gasteiger partial charge in [-0.2, -0.15) is 0 Å². The molecule has 0 fully saturated rings. The first-order chi connectivity index (χ1) is 12.3. The van der Waals surface area contributed by atoms with Gasteiger partial charge in [0.05, 0.1) is 18.5 Å². The maximum absolute atomic E-state index is 12.3. The third kappa shape index (κ3) is 5.20. The Morgan fingerprint density at radius 3 is 2.31 bits per heavy atom. The van der Waals surface area contributed by atoms with Gasteiger partial charge < -0.3 is 5.32 Å². The summed E-state index contributed by atoms with van der Waals surface area (Å²) >= 11 is 0. The molecule has 0 spiro atoms. The second kappa shape index (κ2) is 8.67. The molecule has 0 heterocycles. The number of amides is 1. The number of carbonyl (C=O) groups excluding carboxylic acids is 1. The molecule has 1 amide bonds. The Morgan fingerprint density at radius 1 is 1.15 bits per heavy atom. The number of anilines is 1. The molecule has 0 aliphatic rings. The Hall–Kier alpha value is -2.60. The lowest BCUT2D eigenvalue weighted by atomic mass is 10.0. The lowest BCUT2D eigenvalue weighted by molar-refractivity contribution is 0.0951. The van der Waals surface area contributed by atoms with E-state index in [1.807, 2.05) is 30.3 Å². The Kier molecular flexibility index (Phi) is 6.58. The highest BCUT2D eigenvalue weighted by atomic mass is 32.2.